The van der Waals surface area contributed by atoms with Crippen molar-refractivity contribution in [3.63, 3.8) is 0 Å². The van der Waals surface area contributed by atoms with Crippen molar-refractivity contribution in [3.05, 3.63) is 23.8 Å². The molecule has 0 radical (unpaired) electrons. The zero-order valence-corrected chi connectivity index (χ0v) is 11.9. The molecule has 0 saturated carbocycles. The quantitative estimate of drug-likeness (QED) is 0.719. The highest BCUT2D eigenvalue weighted by molar-refractivity contribution is 7.99. The minimum Gasteiger partial charge on any atom is -0.336 e. The van der Waals surface area contributed by atoms with Gasteiger partial charge >= 0.3 is 6.18 Å². The predicted molar refractivity (Wildman–Crippen MR) is 69.5 cm³/mol. The highest BCUT2D eigenvalue weighted by Gasteiger charge is 2.37. The lowest BCUT2D eigenvalue weighted by Crippen LogP contribution is -2.14. The Bertz CT molecular complexity index is 823. The van der Waals surface area contributed by atoms with Gasteiger partial charge in [-0.15, -0.1) is 20.4 Å². The number of hydrogen-bond donors (Lipinski definition) is 1. The van der Waals surface area contributed by atoms with Gasteiger partial charge in [-0.3, -0.25) is 0 Å². The van der Waals surface area contributed by atoms with Crippen LogP contribution < -0.4 is 5.84 Å². The molecule has 0 saturated heterocycles. The van der Waals surface area contributed by atoms with Crippen LogP contribution in [0.5, 0.6) is 0 Å². The number of nitrogens with two attached hydrogens (primary N) is 1. The molecule has 0 atom stereocenters. The van der Waals surface area contributed by atoms with E-state index in [2.05, 4.69) is 25.5 Å². The average Bonchev–Trinajstić information content (AvgIpc) is 3.03. The minimum atomic E-state index is -4.64. The third kappa shape index (κ3) is 2.45. The lowest BCUT2D eigenvalue weighted by molar-refractivity contribution is -0.146. The van der Waals surface area contributed by atoms with Gasteiger partial charge in [-0.05, 0) is 23.9 Å². The molecule has 0 amide bonds. The summed E-state index contributed by atoms with van der Waals surface area (Å²) < 4.78 is 40.3. The third-order valence-corrected chi connectivity index (χ3v) is 3.63. The number of aryl methyl sites for hydroxylation is 1. The molecule has 0 aliphatic carbocycles. The summed E-state index contributed by atoms with van der Waals surface area (Å²) in [5, 5.41) is 18.7. The molecule has 3 heterocycles. The van der Waals surface area contributed by atoms with E-state index in [9.17, 15) is 13.2 Å². The molecule has 0 unspecified atom stereocenters. The van der Waals surface area contributed by atoms with Crippen LogP contribution in [0.2, 0.25) is 0 Å². The van der Waals surface area contributed by atoms with E-state index in [1.807, 2.05) is 6.92 Å². The maximum absolute atomic E-state index is 12.8. The van der Waals surface area contributed by atoms with Gasteiger partial charge in [-0.1, -0.05) is 6.92 Å². The fraction of sp³-hybridized carbons (Fsp3) is 0.300. The van der Waals surface area contributed by atoms with Crippen LogP contribution in [-0.4, -0.2) is 34.7 Å². The molecular formula is C10H9F3N8S. The maximum Gasteiger partial charge on any atom is 0.453 e. The summed E-state index contributed by atoms with van der Waals surface area (Å²) in [5.74, 6) is 5.16. The highest BCUT2D eigenvalue weighted by Crippen LogP contribution is 2.29. The van der Waals surface area contributed by atoms with E-state index >= 15 is 0 Å². The van der Waals surface area contributed by atoms with Gasteiger partial charge in [0.05, 0.1) is 0 Å². The van der Waals surface area contributed by atoms with Crippen LogP contribution in [0.15, 0.2) is 22.3 Å². The standard InChI is InChI=1S/C10H9F3N8S/c1-2-5-15-18-9(20(5)14)22-7-4-3-6-16-17-8(10(11,12)13)21(6)19-7/h3-4H,2,14H2,1H3. The number of rotatable bonds is 3. The van der Waals surface area contributed by atoms with Crippen LogP contribution in [0, 0.1) is 0 Å². The van der Waals surface area contributed by atoms with Crippen molar-refractivity contribution in [3.8, 4) is 0 Å². The molecule has 12 heteroatoms. The summed E-state index contributed by atoms with van der Waals surface area (Å²) in [5.41, 5.74) is 0.000127. The van der Waals surface area contributed by atoms with Crippen molar-refractivity contribution in [1.29, 1.82) is 0 Å². The number of hydrogen-bond acceptors (Lipinski definition) is 7. The second kappa shape index (κ2) is 5.12. The number of aromatic nitrogens is 7. The number of halogens is 3. The van der Waals surface area contributed by atoms with Crippen molar-refractivity contribution in [2.75, 3.05) is 5.84 Å². The molecule has 0 spiro atoms. The molecule has 3 aromatic rings. The molecule has 2 N–H and O–H groups in total. The number of nitrogens with zero attached hydrogens (tertiary/aromatic N) is 7. The van der Waals surface area contributed by atoms with Crippen LogP contribution in [0.4, 0.5) is 13.2 Å². The van der Waals surface area contributed by atoms with Gasteiger partial charge in [0.15, 0.2) is 11.5 Å². The van der Waals surface area contributed by atoms with E-state index in [-0.39, 0.29) is 10.7 Å². The summed E-state index contributed by atoms with van der Waals surface area (Å²) in [4.78, 5) is 0. The number of nitrogen functional groups attached to an aromatic ring is 1. The molecule has 116 valence electrons. The fourth-order valence-corrected chi connectivity index (χ4v) is 2.45. The fourth-order valence-electron chi connectivity index (χ4n) is 1.71. The first-order valence-electron chi connectivity index (χ1n) is 6.07. The normalized spacial score (nSPS) is 12.2. The van der Waals surface area contributed by atoms with E-state index in [1.54, 1.807) is 0 Å². The molecule has 22 heavy (non-hydrogen) atoms. The van der Waals surface area contributed by atoms with E-state index in [0.717, 1.165) is 11.8 Å². The Morgan fingerprint density at radius 3 is 2.59 bits per heavy atom. The topological polar surface area (TPSA) is 99.8 Å². The monoisotopic (exact) mass is 330 g/mol. The molecule has 0 fully saturated rings. The number of fused-ring (bicyclic) bond motifs is 1. The first-order chi connectivity index (χ1) is 10.4. The second-order valence-corrected chi connectivity index (χ2v) is 5.17. The Hall–Kier alpha value is -2.37. The largest absolute Gasteiger partial charge is 0.453 e. The van der Waals surface area contributed by atoms with Crippen molar-refractivity contribution in [2.24, 2.45) is 0 Å². The van der Waals surface area contributed by atoms with Gasteiger partial charge in [-0.25, -0.2) is 4.68 Å². The second-order valence-electron chi connectivity index (χ2n) is 4.19. The van der Waals surface area contributed by atoms with Crippen molar-refractivity contribution in [1.82, 2.24) is 34.7 Å². The third-order valence-electron chi connectivity index (χ3n) is 2.74. The molecule has 0 aliphatic heterocycles. The lowest BCUT2D eigenvalue weighted by atomic mass is 10.5. The summed E-state index contributed by atoms with van der Waals surface area (Å²) in [6.45, 7) is 1.86. The maximum atomic E-state index is 12.8. The number of alkyl halides is 3. The molecule has 3 rings (SSSR count). The Morgan fingerprint density at radius 2 is 1.95 bits per heavy atom. The average molecular weight is 330 g/mol. The first-order valence-corrected chi connectivity index (χ1v) is 6.88. The molecule has 0 aliphatic rings. The van der Waals surface area contributed by atoms with Crippen LogP contribution in [-0.2, 0) is 12.6 Å². The smallest absolute Gasteiger partial charge is 0.336 e. The molecule has 3 aromatic heterocycles. The SMILES string of the molecule is CCc1nnc(Sc2ccc3nnc(C(F)(F)F)n3n2)n1N. The van der Waals surface area contributed by atoms with Crippen LogP contribution >= 0.6 is 11.8 Å². The van der Waals surface area contributed by atoms with Gasteiger partial charge in [0.2, 0.25) is 5.16 Å². The molecule has 8 nitrogen and oxygen atoms in total. The summed E-state index contributed by atoms with van der Waals surface area (Å²) in [7, 11) is 0. The summed E-state index contributed by atoms with van der Waals surface area (Å²) >= 11 is 0.997. The van der Waals surface area contributed by atoms with E-state index < -0.39 is 12.0 Å². The van der Waals surface area contributed by atoms with Crippen molar-refractivity contribution < 1.29 is 13.2 Å². The zero-order chi connectivity index (χ0) is 15.9. The minimum absolute atomic E-state index is 0.000127. The van der Waals surface area contributed by atoms with Gasteiger partial charge < -0.3 is 5.84 Å². The Morgan fingerprint density at radius 1 is 1.18 bits per heavy atom. The Labute approximate surface area is 125 Å². The van der Waals surface area contributed by atoms with E-state index in [1.165, 1.54) is 16.8 Å². The Kier molecular flexibility index (Phi) is 3.39. The van der Waals surface area contributed by atoms with Crippen LogP contribution in [0.25, 0.3) is 5.65 Å². The van der Waals surface area contributed by atoms with Gasteiger partial charge in [0.25, 0.3) is 5.82 Å². The zero-order valence-electron chi connectivity index (χ0n) is 11.1. The summed E-state index contributed by atoms with van der Waals surface area (Å²) in [6, 6.07) is 2.89. The van der Waals surface area contributed by atoms with Gasteiger partial charge in [0.1, 0.15) is 5.03 Å². The predicted octanol–water partition coefficient (Wildman–Crippen LogP) is 1.16. The molecule has 0 bridgehead atoms. The highest BCUT2D eigenvalue weighted by atomic mass is 32.2. The van der Waals surface area contributed by atoms with Gasteiger partial charge in [-0.2, -0.15) is 22.8 Å². The van der Waals surface area contributed by atoms with Crippen LogP contribution in [0.3, 0.4) is 0 Å². The lowest BCUT2D eigenvalue weighted by Gasteiger charge is -2.05. The summed E-state index contributed by atoms with van der Waals surface area (Å²) in [6.07, 6.45) is -4.06. The first kappa shape index (κ1) is 14.6. The molecule has 0 aromatic carbocycles. The van der Waals surface area contributed by atoms with E-state index in [4.69, 9.17) is 5.84 Å². The molecular weight excluding hydrogens is 321 g/mol. The Balaban J connectivity index is 1.99. The van der Waals surface area contributed by atoms with Crippen molar-refractivity contribution >= 4 is 17.4 Å². The van der Waals surface area contributed by atoms with Crippen LogP contribution in [0.1, 0.15) is 18.6 Å². The van der Waals surface area contributed by atoms with Gasteiger partial charge in [0, 0.05) is 6.42 Å². The van der Waals surface area contributed by atoms with Crippen molar-refractivity contribution in [2.45, 2.75) is 29.7 Å². The van der Waals surface area contributed by atoms with E-state index in [0.29, 0.717) is 21.9 Å².